The zero-order valence-corrected chi connectivity index (χ0v) is 12.2. The molecule has 3 rings (SSSR count). The fourth-order valence-corrected chi connectivity index (χ4v) is 4.53. The molecule has 2 nitrogen and oxygen atoms in total. The van der Waals surface area contributed by atoms with Crippen LogP contribution >= 0.6 is 27.7 Å². The molecule has 0 aliphatic carbocycles. The van der Waals surface area contributed by atoms with Crippen LogP contribution in [0.3, 0.4) is 0 Å². The van der Waals surface area contributed by atoms with Crippen molar-refractivity contribution in [3.05, 3.63) is 28.2 Å². The standard InChI is InChI=1S/C13H16BrNOS/c1-8-13(4-5-17-8)7-11(15)10-3-2-9(14)6-12(10)16-13/h2-3,6,8,11H,4-5,7,15H2,1H3. The van der Waals surface area contributed by atoms with Crippen molar-refractivity contribution in [3.63, 3.8) is 0 Å². The summed E-state index contributed by atoms with van der Waals surface area (Å²) in [5.41, 5.74) is 7.41. The number of nitrogens with two attached hydrogens (primary N) is 1. The average Bonchev–Trinajstić information content (AvgIpc) is 2.59. The highest BCUT2D eigenvalue weighted by Crippen LogP contribution is 2.49. The van der Waals surface area contributed by atoms with Crippen LogP contribution in [0.1, 0.15) is 31.4 Å². The number of hydrogen-bond acceptors (Lipinski definition) is 3. The molecule has 2 aliphatic rings. The first-order valence-electron chi connectivity index (χ1n) is 5.96. The minimum Gasteiger partial charge on any atom is -0.486 e. The van der Waals surface area contributed by atoms with E-state index in [2.05, 4.69) is 28.9 Å². The summed E-state index contributed by atoms with van der Waals surface area (Å²) in [7, 11) is 0. The maximum atomic E-state index is 6.31. The fourth-order valence-electron chi connectivity index (χ4n) is 2.81. The maximum absolute atomic E-state index is 6.31. The third-order valence-corrected chi connectivity index (χ3v) is 5.75. The molecule has 3 atom stereocenters. The van der Waals surface area contributed by atoms with Crippen LogP contribution in [0.2, 0.25) is 0 Å². The minimum absolute atomic E-state index is 0.0438. The van der Waals surface area contributed by atoms with E-state index in [1.165, 1.54) is 5.75 Å². The van der Waals surface area contributed by atoms with Gasteiger partial charge in [0.1, 0.15) is 11.4 Å². The van der Waals surface area contributed by atoms with Gasteiger partial charge in [-0.05, 0) is 31.2 Å². The number of ether oxygens (including phenoxy) is 1. The van der Waals surface area contributed by atoms with Gasteiger partial charge < -0.3 is 10.5 Å². The molecule has 17 heavy (non-hydrogen) atoms. The van der Waals surface area contributed by atoms with E-state index in [0.29, 0.717) is 5.25 Å². The first-order chi connectivity index (χ1) is 8.11. The molecule has 1 fully saturated rings. The molecule has 3 unspecified atom stereocenters. The van der Waals surface area contributed by atoms with Gasteiger partial charge in [-0.25, -0.2) is 0 Å². The van der Waals surface area contributed by atoms with Crippen molar-refractivity contribution >= 4 is 27.7 Å². The zero-order valence-electron chi connectivity index (χ0n) is 9.78. The Morgan fingerprint density at radius 3 is 3.06 bits per heavy atom. The molecular weight excluding hydrogens is 298 g/mol. The van der Waals surface area contributed by atoms with Gasteiger partial charge in [-0.2, -0.15) is 11.8 Å². The lowest BCUT2D eigenvalue weighted by atomic mass is 9.84. The largest absolute Gasteiger partial charge is 0.486 e. The van der Waals surface area contributed by atoms with Crippen molar-refractivity contribution < 1.29 is 4.74 Å². The van der Waals surface area contributed by atoms with Crippen molar-refractivity contribution in [1.82, 2.24) is 0 Å². The van der Waals surface area contributed by atoms with Gasteiger partial charge in [0, 0.05) is 27.7 Å². The Kier molecular flexibility index (Phi) is 2.92. The van der Waals surface area contributed by atoms with Crippen LogP contribution < -0.4 is 10.5 Å². The van der Waals surface area contributed by atoms with Crippen molar-refractivity contribution in [3.8, 4) is 5.75 Å². The second-order valence-corrected chi connectivity index (χ2v) is 7.29. The van der Waals surface area contributed by atoms with E-state index in [1.807, 2.05) is 23.9 Å². The van der Waals surface area contributed by atoms with Crippen LogP contribution in [0.5, 0.6) is 5.75 Å². The van der Waals surface area contributed by atoms with E-state index >= 15 is 0 Å². The van der Waals surface area contributed by atoms with Gasteiger partial charge in [-0.15, -0.1) is 0 Å². The molecule has 2 heterocycles. The fraction of sp³-hybridized carbons (Fsp3) is 0.538. The number of fused-ring (bicyclic) bond motifs is 1. The molecule has 4 heteroatoms. The Morgan fingerprint density at radius 1 is 1.53 bits per heavy atom. The molecule has 0 aromatic heterocycles. The van der Waals surface area contributed by atoms with Crippen molar-refractivity contribution in [2.45, 2.75) is 36.7 Å². The quantitative estimate of drug-likeness (QED) is 0.796. The van der Waals surface area contributed by atoms with Crippen LogP contribution in [-0.4, -0.2) is 16.6 Å². The monoisotopic (exact) mass is 313 g/mol. The van der Waals surface area contributed by atoms with E-state index < -0.39 is 0 Å². The normalized spacial score (nSPS) is 35.7. The van der Waals surface area contributed by atoms with Crippen LogP contribution in [0.4, 0.5) is 0 Å². The molecule has 0 amide bonds. The van der Waals surface area contributed by atoms with Crippen molar-refractivity contribution in [1.29, 1.82) is 0 Å². The first kappa shape index (κ1) is 11.9. The Hall–Kier alpha value is -0.190. The molecule has 1 aromatic carbocycles. The van der Waals surface area contributed by atoms with Crippen LogP contribution in [0.15, 0.2) is 22.7 Å². The summed E-state index contributed by atoms with van der Waals surface area (Å²) in [5.74, 6) is 2.14. The number of thioether (sulfide) groups is 1. The molecule has 1 spiro atoms. The highest BCUT2D eigenvalue weighted by atomic mass is 79.9. The third-order valence-electron chi connectivity index (χ3n) is 3.89. The lowest BCUT2D eigenvalue weighted by Crippen LogP contribution is -2.47. The molecule has 0 saturated carbocycles. The van der Waals surface area contributed by atoms with Crippen LogP contribution in [0, 0.1) is 0 Å². The number of benzene rings is 1. The molecule has 2 aliphatic heterocycles. The first-order valence-corrected chi connectivity index (χ1v) is 7.80. The number of rotatable bonds is 0. The van der Waals surface area contributed by atoms with E-state index in [-0.39, 0.29) is 11.6 Å². The molecule has 1 aromatic rings. The number of halogens is 1. The van der Waals surface area contributed by atoms with Gasteiger partial charge in [-0.1, -0.05) is 22.0 Å². The topological polar surface area (TPSA) is 35.2 Å². The summed E-state index contributed by atoms with van der Waals surface area (Å²) in [6.07, 6.45) is 2.05. The van der Waals surface area contributed by atoms with E-state index in [1.54, 1.807) is 0 Å². The summed E-state index contributed by atoms with van der Waals surface area (Å²) in [6, 6.07) is 6.26. The van der Waals surface area contributed by atoms with Crippen molar-refractivity contribution in [2.75, 3.05) is 5.75 Å². The Labute approximate surface area is 114 Å². The lowest BCUT2D eigenvalue weighted by Gasteiger charge is -2.41. The average molecular weight is 314 g/mol. The molecule has 2 N–H and O–H groups in total. The van der Waals surface area contributed by atoms with Gasteiger partial charge in [0.15, 0.2) is 0 Å². The van der Waals surface area contributed by atoms with Crippen LogP contribution in [-0.2, 0) is 0 Å². The van der Waals surface area contributed by atoms with E-state index in [4.69, 9.17) is 10.5 Å². The molecule has 92 valence electrons. The summed E-state index contributed by atoms with van der Waals surface area (Å²) in [6.45, 7) is 2.26. The predicted octanol–water partition coefficient (Wildman–Crippen LogP) is 3.50. The number of hydrogen-bond donors (Lipinski definition) is 1. The summed E-state index contributed by atoms with van der Waals surface area (Å²) in [4.78, 5) is 0. The van der Waals surface area contributed by atoms with E-state index in [9.17, 15) is 0 Å². The maximum Gasteiger partial charge on any atom is 0.126 e. The summed E-state index contributed by atoms with van der Waals surface area (Å²) in [5, 5.41) is 0.528. The highest BCUT2D eigenvalue weighted by molar-refractivity contribution is 9.10. The Bertz CT molecular complexity index is 453. The van der Waals surface area contributed by atoms with E-state index in [0.717, 1.165) is 28.6 Å². The van der Waals surface area contributed by atoms with Gasteiger partial charge in [0.25, 0.3) is 0 Å². The van der Waals surface area contributed by atoms with Gasteiger partial charge in [0.2, 0.25) is 0 Å². The third kappa shape index (κ3) is 1.90. The highest BCUT2D eigenvalue weighted by Gasteiger charge is 2.47. The lowest BCUT2D eigenvalue weighted by molar-refractivity contribution is 0.0410. The summed E-state index contributed by atoms with van der Waals surface area (Å²) < 4.78 is 7.37. The minimum atomic E-state index is -0.0438. The SMILES string of the molecule is CC1SCCC12CC(N)c1ccc(Br)cc1O2. The van der Waals surface area contributed by atoms with Crippen LogP contribution in [0.25, 0.3) is 0 Å². The second-order valence-electron chi connectivity index (χ2n) is 4.92. The molecular formula is C13H16BrNOS. The predicted molar refractivity (Wildman–Crippen MR) is 75.6 cm³/mol. The van der Waals surface area contributed by atoms with Gasteiger partial charge in [0.05, 0.1) is 0 Å². The Morgan fingerprint density at radius 2 is 2.35 bits per heavy atom. The summed E-state index contributed by atoms with van der Waals surface area (Å²) >= 11 is 5.49. The Balaban J connectivity index is 2.02. The molecule has 0 bridgehead atoms. The van der Waals surface area contributed by atoms with Gasteiger partial charge >= 0.3 is 0 Å². The second kappa shape index (κ2) is 4.18. The smallest absolute Gasteiger partial charge is 0.126 e. The zero-order chi connectivity index (χ0) is 12.0. The molecule has 1 saturated heterocycles. The van der Waals surface area contributed by atoms with Crippen molar-refractivity contribution in [2.24, 2.45) is 5.73 Å². The molecule has 0 radical (unpaired) electrons. The van der Waals surface area contributed by atoms with Gasteiger partial charge in [-0.3, -0.25) is 0 Å².